The zero-order valence-corrected chi connectivity index (χ0v) is 18.1. The van der Waals surface area contributed by atoms with E-state index >= 15 is 0 Å². The molecule has 2 atom stereocenters. The number of rotatable bonds is 3. The lowest BCUT2D eigenvalue weighted by Crippen LogP contribution is -2.58. The molecule has 3 fully saturated rings. The van der Waals surface area contributed by atoms with E-state index in [-0.39, 0.29) is 24.2 Å². The van der Waals surface area contributed by atoms with Crippen molar-refractivity contribution in [3.05, 3.63) is 0 Å². The standard InChI is InChI=1S/C18H34N4O3S.ClH/c1-18(19)9-5-4-8-16(18)17(23)20-12-14-22(15-13-20)26(24,25)21-10-6-2-3-7-11-21;/h16H,2-15,19H2,1H3;1H. The Morgan fingerprint density at radius 1 is 0.889 bits per heavy atom. The molecule has 1 aliphatic carbocycles. The van der Waals surface area contributed by atoms with Crippen LogP contribution in [0.1, 0.15) is 58.3 Å². The van der Waals surface area contributed by atoms with E-state index < -0.39 is 15.7 Å². The minimum absolute atomic E-state index is 0. The van der Waals surface area contributed by atoms with Gasteiger partial charge in [0.25, 0.3) is 10.2 Å². The molecule has 2 aliphatic heterocycles. The zero-order valence-electron chi connectivity index (χ0n) is 16.4. The monoisotopic (exact) mass is 422 g/mol. The summed E-state index contributed by atoms with van der Waals surface area (Å²) in [6.07, 6.45) is 7.94. The molecule has 2 N–H and O–H groups in total. The molecule has 9 heteroatoms. The summed E-state index contributed by atoms with van der Waals surface area (Å²) in [7, 11) is -3.40. The van der Waals surface area contributed by atoms with Crippen molar-refractivity contribution < 1.29 is 13.2 Å². The summed E-state index contributed by atoms with van der Waals surface area (Å²) in [6, 6.07) is 0. The van der Waals surface area contributed by atoms with Crippen molar-refractivity contribution >= 4 is 28.5 Å². The predicted molar refractivity (Wildman–Crippen MR) is 109 cm³/mol. The van der Waals surface area contributed by atoms with E-state index in [4.69, 9.17) is 5.73 Å². The first kappa shape index (κ1) is 22.9. The summed E-state index contributed by atoms with van der Waals surface area (Å²) in [5.74, 6) is -0.0217. The van der Waals surface area contributed by atoms with Crippen LogP contribution in [0.15, 0.2) is 0 Å². The van der Waals surface area contributed by atoms with Gasteiger partial charge in [-0.25, -0.2) is 0 Å². The molecule has 0 aromatic rings. The van der Waals surface area contributed by atoms with Gasteiger partial charge < -0.3 is 10.6 Å². The quantitative estimate of drug-likeness (QED) is 0.747. The van der Waals surface area contributed by atoms with Crippen LogP contribution in [0.4, 0.5) is 0 Å². The van der Waals surface area contributed by atoms with Gasteiger partial charge in [-0.05, 0) is 32.6 Å². The maximum atomic E-state index is 12.9. The fourth-order valence-corrected chi connectivity index (χ4v) is 6.23. The Labute approximate surface area is 170 Å². The number of nitrogens with zero attached hydrogens (tertiary/aromatic N) is 3. The van der Waals surface area contributed by atoms with Crippen LogP contribution in [0.25, 0.3) is 0 Å². The molecular weight excluding hydrogens is 388 g/mol. The summed E-state index contributed by atoms with van der Waals surface area (Å²) in [5, 5.41) is 0. The van der Waals surface area contributed by atoms with Crippen molar-refractivity contribution in [1.82, 2.24) is 13.5 Å². The maximum Gasteiger partial charge on any atom is 0.282 e. The van der Waals surface area contributed by atoms with Crippen LogP contribution in [0.5, 0.6) is 0 Å². The second-order valence-electron chi connectivity index (χ2n) is 8.35. The highest BCUT2D eigenvalue weighted by Crippen LogP contribution is 2.33. The van der Waals surface area contributed by atoms with Gasteiger partial charge in [0.2, 0.25) is 5.91 Å². The molecule has 1 amide bonds. The number of carbonyl (C=O) groups is 1. The van der Waals surface area contributed by atoms with Crippen LogP contribution >= 0.6 is 12.4 Å². The molecule has 0 radical (unpaired) electrons. The number of piperazine rings is 1. The van der Waals surface area contributed by atoms with E-state index in [0.29, 0.717) is 39.3 Å². The third-order valence-electron chi connectivity index (χ3n) is 6.32. The van der Waals surface area contributed by atoms with Crippen molar-refractivity contribution in [3.8, 4) is 0 Å². The lowest BCUT2D eigenvalue weighted by atomic mass is 9.74. The Bertz CT molecular complexity index is 598. The van der Waals surface area contributed by atoms with Gasteiger partial charge >= 0.3 is 0 Å². The molecule has 0 bridgehead atoms. The van der Waals surface area contributed by atoms with Crippen LogP contribution in [-0.4, -0.2) is 72.6 Å². The largest absolute Gasteiger partial charge is 0.340 e. The lowest BCUT2D eigenvalue weighted by Gasteiger charge is -2.42. The van der Waals surface area contributed by atoms with Gasteiger partial charge in [0.15, 0.2) is 0 Å². The average Bonchev–Trinajstić information content (AvgIpc) is 2.91. The fraction of sp³-hybridized carbons (Fsp3) is 0.944. The summed E-state index contributed by atoms with van der Waals surface area (Å²) in [4.78, 5) is 14.8. The van der Waals surface area contributed by atoms with Crippen molar-refractivity contribution in [2.75, 3.05) is 39.3 Å². The van der Waals surface area contributed by atoms with Crippen molar-refractivity contribution in [3.63, 3.8) is 0 Å². The number of halogens is 1. The van der Waals surface area contributed by atoms with Crippen molar-refractivity contribution in [2.24, 2.45) is 11.7 Å². The van der Waals surface area contributed by atoms with E-state index in [9.17, 15) is 13.2 Å². The first-order valence-corrected chi connectivity index (χ1v) is 11.5. The SMILES string of the molecule is CC1(N)CCCCC1C(=O)N1CCN(S(=O)(=O)N2CCCCCC2)CC1.Cl. The Morgan fingerprint density at radius 2 is 1.44 bits per heavy atom. The molecule has 158 valence electrons. The minimum Gasteiger partial charge on any atom is -0.340 e. The van der Waals surface area contributed by atoms with Crippen molar-refractivity contribution in [1.29, 1.82) is 0 Å². The Kier molecular flexibility index (Phi) is 7.96. The topological polar surface area (TPSA) is 87.0 Å². The smallest absolute Gasteiger partial charge is 0.282 e. The number of amides is 1. The highest BCUT2D eigenvalue weighted by atomic mass is 35.5. The molecule has 0 aromatic heterocycles. The Hall–Kier alpha value is -0.410. The van der Waals surface area contributed by atoms with Crippen LogP contribution in [0, 0.1) is 5.92 Å². The molecule has 0 aromatic carbocycles. The molecule has 27 heavy (non-hydrogen) atoms. The molecule has 2 saturated heterocycles. The molecule has 2 unspecified atom stereocenters. The van der Waals surface area contributed by atoms with E-state index in [1.54, 1.807) is 8.61 Å². The van der Waals surface area contributed by atoms with Gasteiger partial charge in [-0.1, -0.05) is 25.7 Å². The summed E-state index contributed by atoms with van der Waals surface area (Å²) < 4.78 is 29.0. The minimum atomic E-state index is -3.40. The lowest BCUT2D eigenvalue weighted by molar-refractivity contribution is -0.140. The molecule has 0 spiro atoms. The maximum absolute atomic E-state index is 12.9. The predicted octanol–water partition coefficient (Wildman–Crippen LogP) is 1.58. The highest BCUT2D eigenvalue weighted by Gasteiger charge is 2.41. The van der Waals surface area contributed by atoms with Gasteiger partial charge in [0.1, 0.15) is 0 Å². The number of carbonyl (C=O) groups excluding carboxylic acids is 1. The molecule has 3 aliphatic rings. The molecular formula is C18H35ClN4O3S. The summed E-state index contributed by atoms with van der Waals surface area (Å²) in [6.45, 7) is 4.94. The van der Waals surface area contributed by atoms with Crippen molar-refractivity contribution in [2.45, 2.75) is 63.8 Å². The summed E-state index contributed by atoms with van der Waals surface area (Å²) in [5.41, 5.74) is 5.94. The van der Waals surface area contributed by atoms with Crippen LogP contribution in [-0.2, 0) is 15.0 Å². The van der Waals surface area contributed by atoms with Gasteiger partial charge in [0.05, 0.1) is 5.92 Å². The second-order valence-corrected chi connectivity index (χ2v) is 10.3. The first-order chi connectivity index (χ1) is 12.3. The van der Waals surface area contributed by atoms with Gasteiger partial charge in [-0.15, -0.1) is 12.4 Å². The zero-order chi connectivity index (χ0) is 18.8. The Balaban J connectivity index is 0.00000261. The molecule has 7 nitrogen and oxygen atoms in total. The number of nitrogens with two attached hydrogens (primary N) is 1. The van der Waals surface area contributed by atoms with Crippen LogP contribution in [0.2, 0.25) is 0 Å². The molecule has 3 rings (SSSR count). The third-order valence-corrected chi connectivity index (χ3v) is 8.36. The first-order valence-electron chi connectivity index (χ1n) is 10.2. The fourth-order valence-electron chi connectivity index (χ4n) is 4.56. The van der Waals surface area contributed by atoms with E-state index in [2.05, 4.69) is 0 Å². The van der Waals surface area contributed by atoms with Gasteiger partial charge in [0, 0.05) is 44.8 Å². The Morgan fingerprint density at radius 3 is 2.00 bits per heavy atom. The average molecular weight is 423 g/mol. The number of hydrogen-bond acceptors (Lipinski definition) is 4. The second kappa shape index (κ2) is 9.39. The van der Waals surface area contributed by atoms with Gasteiger partial charge in [-0.3, -0.25) is 4.79 Å². The third kappa shape index (κ3) is 5.15. The van der Waals surface area contributed by atoms with E-state index in [1.165, 1.54) is 0 Å². The van der Waals surface area contributed by atoms with Gasteiger partial charge in [-0.2, -0.15) is 17.0 Å². The van der Waals surface area contributed by atoms with Crippen LogP contribution in [0.3, 0.4) is 0 Å². The number of hydrogen-bond donors (Lipinski definition) is 1. The summed E-state index contributed by atoms with van der Waals surface area (Å²) >= 11 is 0. The normalized spacial score (nSPS) is 31.8. The molecule has 2 heterocycles. The van der Waals surface area contributed by atoms with Crippen LogP contribution < -0.4 is 5.73 Å². The highest BCUT2D eigenvalue weighted by molar-refractivity contribution is 7.86. The van der Waals surface area contributed by atoms with E-state index in [1.807, 2.05) is 11.8 Å². The molecule has 1 saturated carbocycles. The van der Waals surface area contributed by atoms with E-state index in [0.717, 1.165) is 51.4 Å².